The zero-order valence-corrected chi connectivity index (χ0v) is 10.9. The first-order valence-corrected chi connectivity index (χ1v) is 6.01. The molecule has 0 radical (unpaired) electrons. The van der Waals surface area contributed by atoms with E-state index in [0.29, 0.717) is 11.3 Å². The van der Waals surface area contributed by atoms with E-state index in [1.165, 1.54) is 6.07 Å². The molecule has 2 nitrogen and oxygen atoms in total. The molecular formula is C15H14F3NO. The fourth-order valence-corrected chi connectivity index (χ4v) is 1.70. The van der Waals surface area contributed by atoms with Crippen molar-refractivity contribution in [1.82, 2.24) is 0 Å². The van der Waals surface area contributed by atoms with Crippen LogP contribution in [0.15, 0.2) is 42.5 Å². The van der Waals surface area contributed by atoms with Crippen LogP contribution in [-0.2, 0) is 12.8 Å². The molecule has 0 atom stereocenters. The van der Waals surface area contributed by atoms with Crippen molar-refractivity contribution >= 4 is 5.69 Å². The Kier molecular flexibility index (Phi) is 3.88. The molecule has 5 heteroatoms. The van der Waals surface area contributed by atoms with Crippen LogP contribution in [0.5, 0.6) is 5.75 Å². The van der Waals surface area contributed by atoms with Gasteiger partial charge >= 0.3 is 6.18 Å². The predicted octanol–water partition coefficient (Wildman–Crippen LogP) is 4.18. The van der Waals surface area contributed by atoms with Gasteiger partial charge in [-0.2, -0.15) is 13.2 Å². The maximum atomic E-state index is 12.5. The molecule has 0 fully saturated rings. The molecule has 106 valence electrons. The van der Waals surface area contributed by atoms with Crippen LogP contribution in [0.1, 0.15) is 16.7 Å². The Morgan fingerprint density at radius 1 is 1.05 bits per heavy atom. The summed E-state index contributed by atoms with van der Waals surface area (Å²) in [5.74, 6) is 0.648. The van der Waals surface area contributed by atoms with Crippen molar-refractivity contribution in [2.75, 3.05) is 5.73 Å². The fourth-order valence-electron chi connectivity index (χ4n) is 1.70. The second kappa shape index (κ2) is 5.45. The van der Waals surface area contributed by atoms with Crippen molar-refractivity contribution in [3.63, 3.8) is 0 Å². The Labute approximate surface area is 115 Å². The smallest absolute Gasteiger partial charge is 0.416 e. The van der Waals surface area contributed by atoms with Crippen LogP contribution in [0.2, 0.25) is 0 Å². The lowest BCUT2D eigenvalue weighted by Gasteiger charge is -2.12. The van der Waals surface area contributed by atoms with E-state index >= 15 is 0 Å². The lowest BCUT2D eigenvalue weighted by atomic mass is 10.1. The number of anilines is 1. The molecule has 0 aliphatic carbocycles. The summed E-state index contributed by atoms with van der Waals surface area (Å²) in [6.45, 7) is 2.09. The minimum atomic E-state index is -4.38. The average Bonchev–Trinajstić information content (AvgIpc) is 2.38. The number of benzene rings is 2. The number of ether oxygens (including phenoxy) is 1. The highest BCUT2D eigenvalue weighted by Crippen LogP contribution is 2.31. The third-order valence-corrected chi connectivity index (χ3v) is 2.89. The number of aryl methyl sites for hydroxylation is 1. The van der Waals surface area contributed by atoms with Crippen LogP contribution in [-0.4, -0.2) is 0 Å². The quantitative estimate of drug-likeness (QED) is 0.857. The topological polar surface area (TPSA) is 35.2 Å². The van der Waals surface area contributed by atoms with Crippen LogP contribution < -0.4 is 10.5 Å². The largest absolute Gasteiger partial charge is 0.489 e. The summed E-state index contributed by atoms with van der Waals surface area (Å²) < 4.78 is 43.0. The fraction of sp³-hybridized carbons (Fsp3) is 0.200. The molecule has 2 aromatic carbocycles. The van der Waals surface area contributed by atoms with Crippen LogP contribution in [0.4, 0.5) is 18.9 Å². The highest BCUT2D eigenvalue weighted by Gasteiger charge is 2.30. The standard InChI is InChI=1S/C15H14F3NO/c1-10-2-6-13(7-3-10)20-9-11-4-5-12(8-14(11)19)15(16,17)18/h2-8H,9,19H2,1H3. The van der Waals surface area contributed by atoms with Gasteiger partial charge in [-0.1, -0.05) is 23.8 Å². The maximum Gasteiger partial charge on any atom is 0.416 e. The Bertz CT molecular complexity index is 591. The highest BCUT2D eigenvalue weighted by molar-refractivity contribution is 5.49. The minimum absolute atomic E-state index is 0.0759. The van der Waals surface area contributed by atoms with E-state index in [0.717, 1.165) is 17.7 Å². The van der Waals surface area contributed by atoms with Crippen LogP contribution in [0.25, 0.3) is 0 Å². The lowest BCUT2D eigenvalue weighted by molar-refractivity contribution is -0.137. The van der Waals surface area contributed by atoms with Gasteiger partial charge in [0, 0.05) is 11.3 Å². The first-order chi connectivity index (χ1) is 9.36. The number of nitrogen functional groups attached to an aromatic ring is 1. The summed E-state index contributed by atoms with van der Waals surface area (Å²) in [6.07, 6.45) is -4.38. The van der Waals surface area contributed by atoms with Crippen LogP contribution >= 0.6 is 0 Å². The van der Waals surface area contributed by atoms with E-state index < -0.39 is 11.7 Å². The zero-order chi connectivity index (χ0) is 14.8. The number of hydrogen-bond acceptors (Lipinski definition) is 2. The van der Waals surface area contributed by atoms with E-state index in [2.05, 4.69) is 0 Å². The molecule has 0 aromatic heterocycles. The molecular weight excluding hydrogens is 267 g/mol. The third kappa shape index (κ3) is 3.44. The van der Waals surface area contributed by atoms with Crippen molar-refractivity contribution < 1.29 is 17.9 Å². The average molecular weight is 281 g/mol. The van der Waals surface area contributed by atoms with Crippen LogP contribution in [0, 0.1) is 6.92 Å². The van der Waals surface area contributed by atoms with Gasteiger partial charge in [0.15, 0.2) is 0 Å². The molecule has 0 spiro atoms. The lowest BCUT2D eigenvalue weighted by Crippen LogP contribution is -2.07. The van der Waals surface area contributed by atoms with Gasteiger partial charge in [0.1, 0.15) is 12.4 Å². The molecule has 0 aliphatic rings. The molecule has 0 aliphatic heterocycles. The van der Waals surface area contributed by atoms with Crippen molar-refractivity contribution in [1.29, 1.82) is 0 Å². The molecule has 0 saturated carbocycles. The van der Waals surface area contributed by atoms with Gasteiger partial charge < -0.3 is 10.5 Å². The predicted molar refractivity (Wildman–Crippen MR) is 71.4 cm³/mol. The molecule has 0 heterocycles. The van der Waals surface area contributed by atoms with E-state index in [1.807, 2.05) is 19.1 Å². The van der Waals surface area contributed by atoms with Gasteiger partial charge in [-0.25, -0.2) is 0 Å². The van der Waals surface area contributed by atoms with E-state index in [4.69, 9.17) is 10.5 Å². The van der Waals surface area contributed by atoms with Gasteiger partial charge in [0.2, 0.25) is 0 Å². The summed E-state index contributed by atoms with van der Waals surface area (Å²) in [5.41, 5.74) is 6.58. The molecule has 0 bridgehead atoms. The number of halogens is 3. The molecule has 0 amide bonds. The molecule has 20 heavy (non-hydrogen) atoms. The Hall–Kier alpha value is -2.17. The number of hydrogen-bond donors (Lipinski definition) is 1. The molecule has 0 saturated heterocycles. The summed E-state index contributed by atoms with van der Waals surface area (Å²) in [5, 5.41) is 0. The Balaban J connectivity index is 2.08. The number of alkyl halides is 3. The first-order valence-electron chi connectivity index (χ1n) is 6.01. The van der Waals surface area contributed by atoms with Gasteiger partial charge in [-0.15, -0.1) is 0 Å². The Morgan fingerprint density at radius 2 is 1.70 bits per heavy atom. The van der Waals surface area contributed by atoms with Crippen molar-refractivity contribution in [2.45, 2.75) is 19.7 Å². The van der Waals surface area contributed by atoms with Gasteiger partial charge in [-0.3, -0.25) is 0 Å². The van der Waals surface area contributed by atoms with Crippen molar-refractivity contribution in [2.24, 2.45) is 0 Å². The van der Waals surface area contributed by atoms with E-state index in [-0.39, 0.29) is 12.3 Å². The Morgan fingerprint density at radius 3 is 2.25 bits per heavy atom. The number of nitrogens with two attached hydrogens (primary N) is 1. The molecule has 2 N–H and O–H groups in total. The maximum absolute atomic E-state index is 12.5. The van der Waals surface area contributed by atoms with Crippen LogP contribution in [0.3, 0.4) is 0 Å². The molecule has 2 aromatic rings. The van der Waals surface area contributed by atoms with Gasteiger partial charge in [-0.05, 0) is 31.2 Å². The summed E-state index contributed by atoms with van der Waals surface area (Å²) in [4.78, 5) is 0. The molecule has 0 unspecified atom stereocenters. The van der Waals surface area contributed by atoms with Crippen molar-refractivity contribution in [3.8, 4) is 5.75 Å². The number of rotatable bonds is 3. The van der Waals surface area contributed by atoms with Gasteiger partial charge in [0.05, 0.1) is 5.56 Å². The second-order valence-electron chi connectivity index (χ2n) is 4.51. The summed E-state index contributed by atoms with van der Waals surface area (Å²) >= 11 is 0. The minimum Gasteiger partial charge on any atom is -0.489 e. The third-order valence-electron chi connectivity index (χ3n) is 2.89. The SMILES string of the molecule is Cc1ccc(OCc2ccc(C(F)(F)F)cc2N)cc1. The first kappa shape index (κ1) is 14.2. The summed E-state index contributed by atoms with van der Waals surface area (Å²) in [7, 11) is 0. The van der Waals surface area contributed by atoms with E-state index in [9.17, 15) is 13.2 Å². The highest BCUT2D eigenvalue weighted by atomic mass is 19.4. The second-order valence-corrected chi connectivity index (χ2v) is 4.51. The van der Waals surface area contributed by atoms with Gasteiger partial charge in [0.25, 0.3) is 0 Å². The summed E-state index contributed by atoms with van der Waals surface area (Å²) in [6, 6.07) is 10.7. The van der Waals surface area contributed by atoms with E-state index in [1.54, 1.807) is 12.1 Å². The van der Waals surface area contributed by atoms with Crippen molar-refractivity contribution in [3.05, 3.63) is 59.2 Å². The zero-order valence-electron chi connectivity index (χ0n) is 10.9. The monoisotopic (exact) mass is 281 g/mol. The molecule has 2 rings (SSSR count). The normalized spacial score (nSPS) is 11.4.